The number of unbranched alkanes of at least 4 members (excludes halogenated alkanes) is 5. The Morgan fingerprint density at radius 1 is 0.786 bits per heavy atom. The second-order valence-corrected chi connectivity index (χ2v) is 11.2. The summed E-state index contributed by atoms with van der Waals surface area (Å²) in [6.07, 6.45) is 9.51. The van der Waals surface area contributed by atoms with Crippen LogP contribution in [0.5, 0.6) is 0 Å². The van der Waals surface area contributed by atoms with Gasteiger partial charge in [-0.05, 0) is 12.1 Å². The van der Waals surface area contributed by atoms with E-state index in [1.165, 1.54) is 57.0 Å². The molecule has 0 saturated heterocycles. The molecule has 0 fully saturated rings. The molecule has 0 spiro atoms. The quantitative estimate of drug-likeness (QED) is 0.278. The number of halogens is 1. The maximum absolute atomic E-state index is 6.59. The normalized spacial score (nSPS) is 15.4. The summed E-state index contributed by atoms with van der Waals surface area (Å²) in [6.45, 7) is 6.86. The van der Waals surface area contributed by atoms with Crippen LogP contribution in [0.25, 0.3) is 0 Å². The van der Waals surface area contributed by atoms with Gasteiger partial charge in [0.1, 0.15) is 0 Å². The maximum Gasteiger partial charge on any atom is 0.153 e. The van der Waals surface area contributed by atoms with Crippen LogP contribution >= 0.6 is 11.1 Å². The monoisotopic (exact) mass is 234 g/mol. The molecule has 0 nitrogen and oxygen atoms in total. The van der Waals surface area contributed by atoms with E-state index < -0.39 is 7.38 Å². The van der Waals surface area contributed by atoms with Gasteiger partial charge >= 0.3 is 0 Å². The Hall–Kier alpha value is 0.507. The van der Waals surface area contributed by atoms with Crippen LogP contribution in [-0.4, -0.2) is 7.38 Å². The molecular formula is C12H27ClSi. The lowest BCUT2D eigenvalue weighted by Crippen LogP contribution is -2.21. The van der Waals surface area contributed by atoms with Gasteiger partial charge in [-0.2, -0.15) is 11.1 Å². The Balaban J connectivity index is 3.40. The summed E-state index contributed by atoms with van der Waals surface area (Å²) in [6, 6.07) is 2.66. The minimum absolute atomic E-state index is 1.32. The second-order valence-electron chi connectivity index (χ2n) is 4.68. The Morgan fingerprint density at radius 3 is 1.71 bits per heavy atom. The van der Waals surface area contributed by atoms with E-state index in [1.807, 2.05) is 0 Å². The Bertz CT molecular complexity index is 123. The molecule has 0 aromatic carbocycles. The molecule has 0 N–H and O–H groups in total. The van der Waals surface area contributed by atoms with Gasteiger partial charge in [-0.3, -0.25) is 0 Å². The predicted octanol–water partition coefficient (Wildman–Crippen LogP) is 5.57. The maximum atomic E-state index is 6.59. The average molecular weight is 235 g/mol. The van der Waals surface area contributed by atoms with Crippen LogP contribution in [0.1, 0.15) is 58.8 Å². The van der Waals surface area contributed by atoms with E-state index in [2.05, 4.69) is 20.4 Å². The van der Waals surface area contributed by atoms with E-state index in [0.29, 0.717) is 0 Å². The molecule has 0 amide bonds. The molecule has 0 saturated carbocycles. The predicted molar refractivity (Wildman–Crippen MR) is 70.8 cm³/mol. The van der Waals surface area contributed by atoms with Gasteiger partial charge in [0.05, 0.1) is 0 Å². The SMILES string of the molecule is CCCCCC[Si](C)(Cl)CCCCC. The third-order valence-corrected chi connectivity index (χ3v) is 6.78. The molecule has 0 aromatic rings. The minimum Gasteiger partial charge on any atom is -0.167 e. The highest BCUT2D eigenvalue weighted by molar-refractivity contribution is 7.19. The molecule has 0 aromatic heterocycles. The highest BCUT2D eigenvalue weighted by Crippen LogP contribution is 2.26. The molecule has 0 heterocycles. The van der Waals surface area contributed by atoms with Crippen molar-refractivity contribution in [3.05, 3.63) is 0 Å². The molecule has 1 unspecified atom stereocenters. The van der Waals surface area contributed by atoms with Gasteiger partial charge in [0.25, 0.3) is 0 Å². The second kappa shape index (κ2) is 8.79. The van der Waals surface area contributed by atoms with Crippen LogP contribution in [0.15, 0.2) is 0 Å². The van der Waals surface area contributed by atoms with E-state index in [-0.39, 0.29) is 0 Å². The fourth-order valence-electron chi connectivity index (χ4n) is 1.79. The molecule has 1 atom stereocenters. The van der Waals surface area contributed by atoms with Crippen molar-refractivity contribution in [3.63, 3.8) is 0 Å². The molecule has 0 rings (SSSR count). The average Bonchev–Trinajstić information content (AvgIpc) is 2.13. The van der Waals surface area contributed by atoms with Gasteiger partial charge in [0, 0.05) is 0 Å². The lowest BCUT2D eigenvalue weighted by molar-refractivity contribution is 0.694. The van der Waals surface area contributed by atoms with Crippen molar-refractivity contribution in [2.45, 2.75) is 77.4 Å². The highest BCUT2D eigenvalue weighted by atomic mass is 35.6. The van der Waals surface area contributed by atoms with Gasteiger partial charge < -0.3 is 0 Å². The third kappa shape index (κ3) is 9.08. The summed E-state index contributed by atoms with van der Waals surface area (Å²) < 4.78 is 0. The molecule has 2 heteroatoms. The first-order valence-electron chi connectivity index (χ1n) is 6.31. The van der Waals surface area contributed by atoms with Crippen LogP contribution in [0.3, 0.4) is 0 Å². The van der Waals surface area contributed by atoms with Crippen molar-refractivity contribution < 1.29 is 0 Å². The van der Waals surface area contributed by atoms with E-state index in [1.54, 1.807) is 0 Å². The Morgan fingerprint density at radius 2 is 1.21 bits per heavy atom. The summed E-state index contributed by atoms with van der Waals surface area (Å²) in [7, 11) is -1.32. The van der Waals surface area contributed by atoms with Crippen molar-refractivity contribution in [3.8, 4) is 0 Å². The molecule has 0 aliphatic carbocycles. The van der Waals surface area contributed by atoms with E-state index in [0.717, 1.165) is 0 Å². The molecule has 0 aliphatic heterocycles. The summed E-state index contributed by atoms with van der Waals surface area (Å²) >= 11 is 6.59. The van der Waals surface area contributed by atoms with E-state index in [9.17, 15) is 0 Å². The van der Waals surface area contributed by atoms with Gasteiger partial charge in [-0.15, -0.1) is 0 Å². The van der Waals surface area contributed by atoms with Crippen molar-refractivity contribution in [2.75, 3.05) is 0 Å². The zero-order valence-electron chi connectivity index (χ0n) is 10.2. The number of hydrogen-bond donors (Lipinski definition) is 0. The van der Waals surface area contributed by atoms with Crippen LogP contribution in [0.4, 0.5) is 0 Å². The summed E-state index contributed by atoms with van der Waals surface area (Å²) in [5.74, 6) is 0. The van der Waals surface area contributed by atoms with E-state index >= 15 is 0 Å². The van der Waals surface area contributed by atoms with Crippen LogP contribution in [0.2, 0.25) is 18.6 Å². The Kier molecular flexibility index (Phi) is 9.10. The summed E-state index contributed by atoms with van der Waals surface area (Å²) in [4.78, 5) is 0. The van der Waals surface area contributed by atoms with Crippen LogP contribution < -0.4 is 0 Å². The van der Waals surface area contributed by atoms with Crippen LogP contribution in [-0.2, 0) is 0 Å². The van der Waals surface area contributed by atoms with Gasteiger partial charge in [-0.25, -0.2) is 0 Å². The van der Waals surface area contributed by atoms with Gasteiger partial charge in [-0.1, -0.05) is 65.3 Å². The van der Waals surface area contributed by atoms with Crippen molar-refractivity contribution in [1.82, 2.24) is 0 Å². The molecule has 86 valence electrons. The number of rotatable bonds is 9. The smallest absolute Gasteiger partial charge is 0.153 e. The van der Waals surface area contributed by atoms with Gasteiger partial charge in [0.15, 0.2) is 7.38 Å². The molecule has 0 aliphatic rings. The highest BCUT2D eigenvalue weighted by Gasteiger charge is 2.22. The molecule has 14 heavy (non-hydrogen) atoms. The molecule has 0 radical (unpaired) electrons. The zero-order chi connectivity index (χ0) is 10.9. The van der Waals surface area contributed by atoms with Gasteiger partial charge in [0.2, 0.25) is 0 Å². The fourth-order valence-corrected chi connectivity index (χ4v) is 4.82. The molecule has 0 bridgehead atoms. The zero-order valence-corrected chi connectivity index (χ0v) is 12.0. The first-order valence-corrected chi connectivity index (χ1v) is 10.2. The fraction of sp³-hybridized carbons (Fsp3) is 1.00. The van der Waals surface area contributed by atoms with Crippen LogP contribution in [0, 0.1) is 0 Å². The minimum atomic E-state index is -1.32. The lowest BCUT2D eigenvalue weighted by Gasteiger charge is -2.18. The standard InChI is InChI=1S/C12H27ClSi/c1-4-6-8-10-12-14(3,13)11-9-7-5-2/h4-12H2,1-3H3. The summed E-state index contributed by atoms with van der Waals surface area (Å²) in [5, 5.41) is 0. The summed E-state index contributed by atoms with van der Waals surface area (Å²) in [5.41, 5.74) is 0. The van der Waals surface area contributed by atoms with Crippen molar-refractivity contribution >= 4 is 18.5 Å². The first-order chi connectivity index (χ1) is 6.62. The van der Waals surface area contributed by atoms with Crippen molar-refractivity contribution in [2.24, 2.45) is 0 Å². The lowest BCUT2D eigenvalue weighted by atomic mass is 10.2. The van der Waals surface area contributed by atoms with Crippen molar-refractivity contribution in [1.29, 1.82) is 0 Å². The van der Waals surface area contributed by atoms with E-state index in [4.69, 9.17) is 11.1 Å². The molecular weight excluding hydrogens is 208 g/mol. The first kappa shape index (κ1) is 14.5. The topological polar surface area (TPSA) is 0 Å². The third-order valence-electron chi connectivity index (χ3n) is 2.85. The number of hydrogen-bond acceptors (Lipinski definition) is 0. The largest absolute Gasteiger partial charge is 0.167 e. The Labute approximate surface area is 96.1 Å².